The Labute approximate surface area is 122 Å². The largest absolute Gasteiger partial charge is 0.141 e. The Morgan fingerprint density at radius 1 is 0.632 bits per heavy atom. The Morgan fingerprint density at radius 3 is 1.47 bits per heavy atom. The summed E-state index contributed by atoms with van der Waals surface area (Å²) in [5.74, 6) is 0. The molecule has 0 saturated heterocycles. The first-order valence-corrected chi connectivity index (χ1v) is 8.00. The molecular formula is C17H16S2. The fraction of sp³-hybridized carbons (Fsp3) is 0.176. The minimum absolute atomic E-state index is 1.32. The summed E-state index contributed by atoms with van der Waals surface area (Å²) < 4.78 is 0. The highest BCUT2D eigenvalue weighted by Gasteiger charge is 2.06. The van der Waals surface area contributed by atoms with Crippen LogP contribution in [0, 0.1) is 20.8 Å². The van der Waals surface area contributed by atoms with Crippen LogP contribution in [-0.4, -0.2) is 0 Å². The molecule has 19 heavy (non-hydrogen) atoms. The molecule has 0 radical (unpaired) electrons. The molecule has 0 aliphatic heterocycles. The summed E-state index contributed by atoms with van der Waals surface area (Å²) in [5.41, 5.74) is 3.99. The summed E-state index contributed by atoms with van der Waals surface area (Å²) in [7, 11) is 0. The van der Waals surface area contributed by atoms with Crippen LogP contribution in [0.5, 0.6) is 0 Å². The van der Waals surface area contributed by atoms with Gasteiger partial charge in [0.25, 0.3) is 0 Å². The van der Waals surface area contributed by atoms with Crippen LogP contribution < -0.4 is 0 Å². The number of benzene rings is 1. The van der Waals surface area contributed by atoms with Gasteiger partial charge in [-0.05, 0) is 67.8 Å². The highest BCUT2D eigenvalue weighted by molar-refractivity contribution is 7.15. The van der Waals surface area contributed by atoms with E-state index in [4.69, 9.17) is 0 Å². The van der Waals surface area contributed by atoms with Gasteiger partial charge in [-0.15, -0.1) is 22.7 Å². The normalized spacial score (nSPS) is 10.9. The molecule has 0 fully saturated rings. The summed E-state index contributed by atoms with van der Waals surface area (Å²) in [6, 6.07) is 15.7. The summed E-state index contributed by atoms with van der Waals surface area (Å²) in [4.78, 5) is 5.45. The number of hydrogen-bond acceptors (Lipinski definition) is 2. The second-order valence-electron chi connectivity index (χ2n) is 4.91. The molecular weight excluding hydrogens is 268 g/mol. The number of aryl methyl sites for hydroxylation is 3. The van der Waals surface area contributed by atoms with Crippen LogP contribution in [0.3, 0.4) is 0 Å². The van der Waals surface area contributed by atoms with Gasteiger partial charge in [-0.1, -0.05) is 12.1 Å². The average molecular weight is 284 g/mol. The molecule has 0 bridgehead atoms. The molecule has 0 unspecified atom stereocenters. The van der Waals surface area contributed by atoms with E-state index >= 15 is 0 Å². The predicted molar refractivity (Wildman–Crippen MR) is 87.3 cm³/mol. The number of thiophene rings is 2. The SMILES string of the molecule is Cc1cc(-c2ccc(C)s2)cc(-c2ccc(C)s2)c1. The molecule has 3 rings (SSSR count). The van der Waals surface area contributed by atoms with Crippen LogP contribution in [0.2, 0.25) is 0 Å². The number of hydrogen-bond donors (Lipinski definition) is 0. The highest BCUT2D eigenvalue weighted by atomic mass is 32.1. The monoisotopic (exact) mass is 284 g/mol. The van der Waals surface area contributed by atoms with E-state index in [1.807, 2.05) is 22.7 Å². The number of rotatable bonds is 2. The summed E-state index contributed by atoms with van der Waals surface area (Å²) in [5, 5.41) is 0. The van der Waals surface area contributed by atoms with Crippen LogP contribution >= 0.6 is 22.7 Å². The predicted octanol–water partition coefficient (Wildman–Crippen LogP) is 6.07. The molecule has 3 aromatic rings. The van der Waals surface area contributed by atoms with Crippen molar-refractivity contribution in [1.82, 2.24) is 0 Å². The summed E-state index contributed by atoms with van der Waals surface area (Å²) in [6.07, 6.45) is 0. The molecule has 0 saturated carbocycles. The van der Waals surface area contributed by atoms with E-state index in [2.05, 4.69) is 63.2 Å². The zero-order chi connectivity index (χ0) is 13.4. The Balaban J connectivity index is 2.10. The van der Waals surface area contributed by atoms with E-state index < -0.39 is 0 Å². The molecule has 1 aromatic carbocycles. The van der Waals surface area contributed by atoms with Crippen LogP contribution in [0.4, 0.5) is 0 Å². The third kappa shape index (κ3) is 2.65. The molecule has 0 atom stereocenters. The minimum atomic E-state index is 1.32. The first-order chi connectivity index (χ1) is 9.11. The minimum Gasteiger partial charge on any atom is -0.141 e. The van der Waals surface area contributed by atoms with Crippen LogP contribution in [-0.2, 0) is 0 Å². The van der Waals surface area contributed by atoms with Gasteiger partial charge in [0.2, 0.25) is 0 Å². The topological polar surface area (TPSA) is 0 Å². The Morgan fingerprint density at radius 2 is 1.11 bits per heavy atom. The van der Waals surface area contributed by atoms with Crippen molar-refractivity contribution in [2.45, 2.75) is 20.8 Å². The molecule has 0 aliphatic carbocycles. The van der Waals surface area contributed by atoms with Gasteiger partial charge in [0.15, 0.2) is 0 Å². The maximum absolute atomic E-state index is 2.31. The molecule has 0 aliphatic rings. The van der Waals surface area contributed by atoms with Crippen molar-refractivity contribution in [3.8, 4) is 20.9 Å². The second kappa shape index (κ2) is 4.95. The van der Waals surface area contributed by atoms with E-state index in [-0.39, 0.29) is 0 Å². The van der Waals surface area contributed by atoms with Gasteiger partial charge in [0.05, 0.1) is 0 Å². The standard InChI is InChI=1S/C17H16S2/c1-11-8-14(16-6-4-12(2)18-16)10-15(9-11)17-7-5-13(3)19-17/h4-10H,1-3H3. The van der Waals surface area contributed by atoms with E-state index in [1.165, 1.54) is 36.2 Å². The van der Waals surface area contributed by atoms with Crippen LogP contribution in [0.15, 0.2) is 42.5 Å². The van der Waals surface area contributed by atoms with Gasteiger partial charge >= 0.3 is 0 Å². The van der Waals surface area contributed by atoms with E-state index in [1.54, 1.807) is 0 Å². The Kier molecular flexibility index (Phi) is 3.29. The lowest BCUT2D eigenvalue weighted by atomic mass is 10.0. The molecule has 0 amide bonds. The second-order valence-corrected chi connectivity index (χ2v) is 7.48. The van der Waals surface area contributed by atoms with Gasteiger partial charge in [-0.2, -0.15) is 0 Å². The average Bonchev–Trinajstić information content (AvgIpc) is 2.97. The van der Waals surface area contributed by atoms with E-state index in [9.17, 15) is 0 Å². The quantitative estimate of drug-likeness (QED) is 0.536. The smallest absolute Gasteiger partial charge is 0.0345 e. The summed E-state index contributed by atoms with van der Waals surface area (Å²) in [6.45, 7) is 6.49. The molecule has 2 heteroatoms. The lowest BCUT2D eigenvalue weighted by molar-refractivity contribution is 1.48. The van der Waals surface area contributed by atoms with Crippen LogP contribution in [0.1, 0.15) is 15.3 Å². The van der Waals surface area contributed by atoms with Gasteiger partial charge < -0.3 is 0 Å². The summed E-state index contributed by atoms with van der Waals surface area (Å²) >= 11 is 3.72. The molecule has 0 spiro atoms. The van der Waals surface area contributed by atoms with E-state index in [0.717, 1.165) is 0 Å². The molecule has 2 heterocycles. The Bertz CT molecular complexity index is 658. The fourth-order valence-electron chi connectivity index (χ4n) is 2.25. The molecule has 0 N–H and O–H groups in total. The van der Waals surface area contributed by atoms with E-state index in [0.29, 0.717) is 0 Å². The molecule has 0 nitrogen and oxygen atoms in total. The van der Waals surface area contributed by atoms with Crippen molar-refractivity contribution < 1.29 is 0 Å². The first kappa shape index (κ1) is 12.6. The lowest BCUT2D eigenvalue weighted by Crippen LogP contribution is -1.80. The van der Waals surface area contributed by atoms with Gasteiger partial charge in [-0.25, -0.2) is 0 Å². The van der Waals surface area contributed by atoms with Crippen molar-refractivity contribution >= 4 is 22.7 Å². The third-order valence-corrected chi connectivity index (χ3v) is 5.23. The zero-order valence-corrected chi connectivity index (χ0v) is 13.0. The van der Waals surface area contributed by atoms with Crippen molar-refractivity contribution in [1.29, 1.82) is 0 Å². The van der Waals surface area contributed by atoms with Gasteiger partial charge in [0.1, 0.15) is 0 Å². The Hall–Kier alpha value is -1.38. The lowest BCUT2D eigenvalue weighted by Gasteiger charge is -2.05. The van der Waals surface area contributed by atoms with Gasteiger partial charge in [0, 0.05) is 19.5 Å². The molecule has 96 valence electrons. The highest BCUT2D eigenvalue weighted by Crippen LogP contribution is 2.34. The third-order valence-electron chi connectivity index (χ3n) is 3.13. The molecule has 2 aromatic heterocycles. The van der Waals surface area contributed by atoms with Crippen molar-refractivity contribution in [2.75, 3.05) is 0 Å². The fourth-order valence-corrected chi connectivity index (χ4v) is 3.96. The maximum atomic E-state index is 2.31. The van der Waals surface area contributed by atoms with Gasteiger partial charge in [-0.3, -0.25) is 0 Å². The zero-order valence-electron chi connectivity index (χ0n) is 11.4. The van der Waals surface area contributed by atoms with Crippen molar-refractivity contribution in [2.24, 2.45) is 0 Å². The maximum Gasteiger partial charge on any atom is 0.0345 e. The van der Waals surface area contributed by atoms with Crippen molar-refractivity contribution in [3.05, 3.63) is 57.8 Å². The van der Waals surface area contributed by atoms with Crippen LogP contribution in [0.25, 0.3) is 20.9 Å². The first-order valence-electron chi connectivity index (χ1n) is 6.37. The van der Waals surface area contributed by atoms with Crippen molar-refractivity contribution in [3.63, 3.8) is 0 Å².